The van der Waals surface area contributed by atoms with Crippen molar-refractivity contribution in [3.63, 3.8) is 0 Å². The third-order valence-corrected chi connectivity index (χ3v) is 13.7. The van der Waals surface area contributed by atoms with Crippen LogP contribution in [0.2, 0.25) is 0 Å². The molecule has 6 aromatic carbocycles. The van der Waals surface area contributed by atoms with Gasteiger partial charge in [-0.15, -0.1) is 34.0 Å². The van der Waals surface area contributed by atoms with Gasteiger partial charge in [0.25, 0.3) is 6.71 Å². The van der Waals surface area contributed by atoms with Crippen LogP contribution < -0.4 is 19.9 Å². The number of para-hydroxylation sites is 1. The smallest absolute Gasteiger partial charge is 0.273 e. The van der Waals surface area contributed by atoms with Crippen molar-refractivity contribution >= 4 is 125 Å². The van der Waals surface area contributed by atoms with Crippen molar-refractivity contribution in [1.82, 2.24) is 0 Å². The van der Waals surface area contributed by atoms with Gasteiger partial charge in [-0.2, -0.15) is 0 Å². The van der Waals surface area contributed by atoms with Crippen LogP contribution in [0.15, 0.2) is 137 Å². The van der Waals surface area contributed by atoms with Crippen LogP contribution in [0.25, 0.3) is 74.5 Å². The molecule has 2 aliphatic rings. The molecule has 0 N–H and O–H groups in total. The second-order valence-electron chi connectivity index (χ2n) is 12.8. The SMILES string of the molecule is c1ccc2c(c1)oc1ccc(-c3cc4c5c(c3)N(c3csc6ccccc36)c3c(sc6ccccc36)B5c3sc5ccccc5c3-4)cc12. The van der Waals surface area contributed by atoms with Crippen LogP contribution in [0.3, 0.4) is 0 Å². The summed E-state index contributed by atoms with van der Waals surface area (Å²) in [4.78, 5) is 2.61. The van der Waals surface area contributed by atoms with Crippen molar-refractivity contribution in [2.45, 2.75) is 0 Å². The zero-order chi connectivity index (χ0) is 31.1. The number of hydrogen-bond donors (Lipinski definition) is 0. The Hall–Kier alpha value is -5.14. The highest BCUT2D eigenvalue weighted by atomic mass is 32.1. The Bertz CT molecular complexity index is 3000. The van der Waals surface area contributed by atoms with Crippen LogP contribution in [0.1, 0.15) is 0 Å². The number of benzene rings is 6. The van der Waals surface area contributed by atoms with Crippen molar-refractivity contribution in [2.24, 2.45) is 0 Å². The lowest BCUT2D eigenvalue weighted by molar-refractivity contribution is 0.669. The Morgan fingerprint density at radius 3 is 2.08 bits per heavy atom. The molecule has 0 aliphatic carbocycles. The largest absolute Gasteiger partial charge is 0.456 e. The highest BCUT2D eigenvalue weighted by molar-refractivity contribution is 7.41. The van der Waals surface area contributed by atoms with Crippen LogP contribution in [0.5, 0.6) is 0 Å². The maximum Gasteiger partial charge on any atom is 0.273 e. The number of thiophene rings is 3. The quantitative estimate of drug-likeness (QED) is 0.171. The number of rotatable bonds is 2. The average molecular weight is 664 g/mol. The fourth-order valence-corrected chi connectivity index (χ4v) is 12.0. The van der Waals surface area contributed by atoms with Gasteiger partial charge in [0, 0.05) is 51.5 Å². The summed E-state index contributed by atoms with van der Waals surface area (Å²) in [6.07, 6.45) is 0. The van der Waals surface area contributed by atoms with E-state index in [0.29, 0.717) is 0 Å². The van der Waals surface area contributed by atoms with Gasteiger partial charge in [-0.25, -0.2) is 0 Å². The van der Waals surface area contributed by atoms with Crippen molar-refractivity contribution in [2.75, 3.05) is 4.90 Å². The van der Waals surface area contributed by atoms with E-state index >= 15 is 0 Å². The fraction of sp³-hybridized carbons (Fsp3) is 0. The van der Waals surface area contributed by atoms with E-state index in [0.717, 1.165) is 21.9 Å². The van der Waals surface area contributed by atoms with E-state index in [1.54, 1.807) is 0 Å². The van der Waals surface area contributed by atoms with Crippen LogP contribution in [-0.2, 0) is 0 Å². The molecule has 48 heavy (non-hydrogen) atoms. The minimum absolute atomic E-state index is 0.213. The summed E-state index contributed by atoms with van der Waals surface area (Å²) in [7, 11) is 0. The molecule has 0 saturated carbocycles. The van der Waals surface area contributed by atoms with Crippen LogP contribution in [0.4, 0.5) is 17.1 Å². The first kappa shape index (κ1) is 25.9. The lowest BCUT2D eigenvalue weighted by Crippen LogP contribution is -2.52. The topological polar surface area (TPSA) is 16.4 Å². The molecule has 6 heteroatoms. The fourth-order valence-electron chi connectivity index (χ4n) is 8.32. The molecule has 6 heterocycles. The molecule has 0 unspecified atom stereocenters. The van der Waals surface area contributed by atoms with E-state index < -0.39 is 0 Å². The maximum atomic E-state index is 6.24. The molecule has 0 fully saturated rings. The van der Waals surface area contributed by atoms with Gasteiger partial charge in [-0.05, 0) is 86.4 Å². The number of fused-ring (bicyclic) bond motifs is 13. The third kappa shape index (κ3) is 3.27. The van der Waals surface area contributed by atoms with Gasteiger partial charge in [0.1, 0.15) is 11.2 Å². The molecule has 10 aromatic rings. The minimum Gasteiger partial charge on any atom is -0.456 e. The van der Waals surface area contributed by atoms with Crippen LogP contribution >= 0.6 is 34.0 Å². The Kier molecular flexibility index (Phi) is 5.00. The van der Waals surface area contributed by atoms with Crippen molar-refractivity contribution in [3.8, 4) is 22.3 Å². The van der Waals surface area contributed by atoms with Gasteiger partial charge in [0.05, 0.1) is 11.4 Å². The Morgan fingerprint density at radius 2 is 1.21 bits per heavy atom. The minimum atomic E-state index is 0.213. The number of anilines is 3. The molecule has 0 atom stereocenters. The summed E-state index contributed by atoms with van der Waals surface area (Å²) in [5, 5.41) is 8.66. The summed E-state index contributed by atoms with van der Waals surface area (Å²) in [6.45, 7) is 0.213. The predicted molar refractivity (Wildman–Crippen MR) is 210 cm³/mol. The van der Waals surface area contributed by atoms with E-state index in [9.17, 15) is 0 Å². The van der Waals surface area contributed by atoms with E-state index in [2.05, 4.69) is 132 Å². The van der Waals surface area contributed by atoms with Crippen molar-refractivity contribution in [1.29, 1.82) is 0 Å². The monoisotopic (exact) mass is 663 g/mol. The van der Waals surface area contributed by atoms with Crippen LogP contribution in [-0.4, -0.2) is 6.71 Å². The Balaban J connectivity index is 1.22. The molecule has 0 bridgehead atoms. The van der Waals surface area contributed by atoms with Gasteiger partial charge in [0.15, 0.2) is 0 Å². The molecule has 12 rings (SSSR count). The molecule has 2 aliphatic heterocycles. The zero-order valence-electron chi connectivity index (χ0n) is 25.4. The molecule has 2 nitrogen and oxygen atoms in total. The third-order valence-electron chi connectivity index (χ3n) is 10.3. The molecule has 222 valence electrons. The predicted octanol–water partition coefficient (Wildman–Crippen LogP) is 11.2. The van der Waals surface area contributed by atoms with E-state index in [4.69, 9.17) is 4.42 Å². The average Bonchev–Trinajstić information content (AvgIpc) is 3.94. The van der Waals surface area contributed by atoms with E-state index in [-0.39, 0.29) is 6.71 Å². The lowest BCUT2D eigenvalue weighted by Gasteiger charge is -2.34. The number of nitrogens with zero attached hydrogens (tertiary/aromatic N) is 1. The second-order valence-corrected chi connectivity index (χ2v) is 15.9. The molecule has 0 radical (unpaired) electrons. The van der Waals surface area contributed by atoms with Crippen molar-refractivity contribution in [3.05, 3.63) is 133 Å². The van der Waals surface area contributed by atoms with Gasteiger partial charge < -0.3 is 9.32 Å². The molecular weight excluding hydrogens is 641 g/mol. The summed E-state index contributed by atoms with van der Waals surface area (Å²) in [5.74, 6) is 0. The lowest BCUT2D eigenvalue weighted by atomic mass is 9.43. The molecule has 0 amide bonds. The first-order chi connectivity index (χ1) is 23.8. The van der Waals surface area contributed by atoms with Gasteiger partial charge >= 0.3 is 0 Å². The first-order valence-electron chi connectivity index (χ1n) is 16.2. The van der Waals surface area contributed by atoms with Gasteiger partial charge in [0.2, 0.25) is 0 Å². The van der Waals surface area contributed by atoms with E-state index in [1.807, 2.05) is 40.1 Å². The molecule has 0 saturated heterocycles. The molecule has 0 spiro atoms. The van der Waals surface area contributed by atoms with Crippen LogP contribution in [0, 0.1) is 0 Å². The van der Waals surface area contributed by atoms with Gasteiger partial charge in [-0.1, -0.05) is 78.9 Å². The van der Waals surface area contributed by atoms with E-state index in [1.165, 1.54) is 84.6 Å². The maximum absolute atomic E-state index is 6.24. The van der Waals surface area contributed by atoms with Crippen molar-refractivity contribution < 1.29 is 4.42 Å². The highest BCUT2D eigenvalue weighted by Crippen LogP contribution is 2.51. The summed E-state index contributed by atoms with van der Waals surface area (Å²) >= 11 is 5.78. The highest BCUT2D eigenvalue weighted by Gasteiger charge is 2.47. The number of furan rings is 1. The summed E-state index contributed by atoms with van der Waals surface area (Å²) in [6, 6.07) is 46.8. The standard InChI is InChI=1S/C42H22BNOS3/c1-5-13-33-25(9-1)29-19-23(17-18-34(29)45-33)24-20-30-38-27-11-3-7-15-36(27)47-41(38)43-39(30)31(21-24)44(32-22-46-35-14-6-2-10-26(32)35)40-28-12-4-8-16-37(28)48-42(40)43/h1-22H. The zero-order valence-corrected chi connectivity index (χ0v) is 27.8. The molecule has 4 aromatic heterocycles. The Labute approximate surface area is 287 Å². The summed E-state index contributed by atoms with van der Waals surface area (Å²) < 4.78 is 13.2. The number of hydrogen-bond acceptors (Lipinski definition) is 5. The first-order valence-corrected chi connectivity index (χ1v) is 18.7. The molecular formula is C42H22BNOS3. The summed E-state index contributed by atoms with van der Waals surface area (Å²) in [5.41, 5.74) is 12.4. The Morgan fingerprint density at radius 1 is 0.521 bits per heavy atom. The second kappa shape index (κ2) is 9.27. The van der Waals surface area contributed by atoms with Gasteiger partial charge in [-0.3, -0.25) is 0 Å². The normalized spacial score (nSPS) is 13.3.